The molecule has 0 aromatic carbocycles. The molecule has 2 N–H and O–H groups in total. The van der Waals surface area contributed by atoms with Crippen LogP contribution in [0.4, 0.5) is 5.69 Å². The van der Waals surface area contributed by atoms with Gasteiger partial charge in [-0.3, -0.25) is 4.79 Å². The summed E-state index contributed by atoms with van der Waals surface area (Å²) in [6.07, 6.45) is 0.905. The molecule has 0 aliphatic heterocycles. The minimum Gasteiger partial charge on any atom is -0.396 e. The molecule has 1 aromatic rings. The fourth-order valence-electron chi connectivity index (χ4n) is 0.799. The van der Waals surface area contributed by atoms with Gasteiger partial charge in [0.05, 0.1) is 5.69 Å². The molecule has 66 valence electrons. The van der Waals surface area contributed by atoms with Crippen LogP contribution in [0.15, 0.2) is 16.8 Å². The molecule has 0 unspecified atom stereocenters. The summed E-state index contributed by atoms with van der Waals surface area (Å²) in [5, 5.41) is 15.0. The molecule has 1 aromatic heterocycles. The Morgan fingerprint density at radius 2 is 2.50 bits per heavy atom. The van der Waals surface area contributed by atoms with E-state index >= 15 is 0 Å². The second-order valence-electron chi connectivity index (χ2n) is 2.39. The Labute approximate surface area is 75.0 Å². The minimum absolute atomic E-state index is 0.0394. The number of hydrogen-bond acceptors (Lipinski definition) is 3. The number of carbonyl (C=O) groups excluding carboxylic acids is 1. The normalized spacial score (nSPS) is 9.75. The van der Waals surface area contributed by atoms with Crippen LogP contribution in [-0.4, -0.2) is 17.6 Å². The summed E-state index contributed by atoms with van der Waals surface area (Å²) in [5.74, 6) is -0.0394. The summed E-state index contributed by atoms with van der Waals surface area (Å²) < 4.78 is 0. The monoisotopic (exact) mass is 185 g/mol. The van der Waals surface area contributed by atoms with Crippen LogP contribution in [0, 0.1) is 0 Å². The molecule has 1 heterocycles. The van der Waals surface area contributed by atoms with Crippen molar-refractivity contribution in [2.45, 2.75) is 12.8 Å². The lowest BCUT2D eigenvalue weighted by Crippen LogP contribution is -2.10. The average molecular weight is 185 g/mol. The number of hydrogen-bond donors (Lipinski definition) is 2. The Kier molecular flexibility index (Phi) is 3.76. The molecule has 1 rings (SSSR count). The van der Waals surface area contributed by atoms with Gasteiger partial charge in [0.15, 0.2) is 0 Å². The number of carbonyl (C=O) groups is 1. The van der Waals surface area contributed by atoms with Crippen molar-refractivity contribution in [1.29, 1.82) is 0 Å². The van der Waals surface area contributed by atoms with Gasteiger partial charge in [0.25, 0.3) is 0 Å². The molecular formula is C8H11NO2S. The van der Waals surface area contributed by atoms with E-state index in [1.165, 1.54) is 0 Å². The Balaban J connectivity index is 2.27. The first kappa shape index (κ1) is 9.22. The Morgan fingerprint density at radius 3 is 3.08 bits per heavy atom. The zero-order valence-electron chi connectivity index (χ0n) is 6.62. The molecule has 0 spiro atoms. The fourth-order valence-corrected chi connectivity index (χ4v) is 1.39. The summed E-state index contributed by atoms with van der Waals surface area (Å²) in [5.41, 5.74) is 0.836. The summed E-state index contributed by atoms with van der Waals surface area (Å²) in [4.78, 5) is 11.1. The maximum atomic E-state index is 11.1. The number of aliphatic hydroxyl groups is 1. The summed E-state index contributed by atoms with van der Waals surface area (Å²) in [7, 11) is 0. The smallest absolute Gasteiger partial charge is 0.224 e. The van der Waals surface area contributed by atoms with Crippen LogP contribution in [0.3, 0.4) is 0 Å². The topological polar surface area (TPSA) is 49.3 Å². The van der Waals surface area contributed by atoms with E-state index in [0.717, 1.165) is 5.69 Å². The van der Waals surface area contributed by atoms with Gasteiger partial charge >= 0.3 is 0 Å². The van der Waals surface area contributed by atoms with Gasteiger partial charge in [-0.2, -0.15) is 11.3 Å². The van der Waals surface area contributed by atoms with Crippen molar-refractivity contribution in [3.05, 3.63) is 16.8 Å². The third-order valence-corrected chi connectivity index (χ3v) is 2.05. The van der Waals surface area contributed by atoms with Crippen LogP contribution in [0.5, 0.6) is 0 Å². The van der Waals surface area contributed by atoms with E-state index in [-0.39, 0.29) is 12.5 Å². The lowest BCUT2D eigenvalue weighted by Gasteiger charge is -2.00. The Bertz CT molecular complexity index is 233. The molecule has 0 aliphatic rings. The summed E-state index contributed by atoms with van der Waals surface area (Å²) >= 11 is 1.54. The molecule has 0 bridgehead atoms. The first-order chi connectivity index (χ1) is 5.83. The zero-order valence-corrected chi connectivity index (χ0v) is 7.43. The number of thiophene rings is 1. The van der Waals surface area contributed by atoms with Crippen LogP contribution in [0.2, 0.25) is 0 Å². The van der Waals surface area contributed by atoms with Crippen molar-refractivity contribution in [3.63, 3.8) is 0 Å². The second-order valence-corrected chi connectivity index (χ2v) is 3.17. The molecule has 3 nitrogen and oxygen atoms in total. The Morgan fingerprint density at radius 1 is 1.67 bits per heavy atom. The third kappa shape index (κ3) is 3.02. The van der Waals surface area contributed by atoms with Crippen LogP contribution in [0.1, 0.15) is 12.8 Å². The van der Waals surface area contributed by atoms with Gasteiger partial charge in [0.1, 0.15) is 0 Å². The predicted molar refractivity (Wildman–Crippen MR) is 49.3 cm³/mol. The number of anilines is 1. The Hall–Kier alpha value is -0.870. The molecule has 1 amide bonds. The molecule has 4 heteroatoms. The van der Waals surface area contributed by atoms with Crippen molar-refractivity contribution in [1.82, 2.24) is 0 Å². The summed E-state index contributed by atoms with van der Waals surface area (Å²) in [6, 6.07) is 1.85. The van der Waals surface area contributed by atoms with Gasteiger partial charge in [-0.25, -0.2) is 0 Å². The number of amides is 1. The van der Waals surface area contributed by atoms with E-state index in [1.807, 2.05) is 16.8 Å². The van der Waals surface area contributed by atoms with E-state index in [1.54, 1.807) is 11.3 Å². The average Bonchev–Trinajstić information content (AvgIpc) is 2.53. The number of rotatable bonds is 4. The molecule has 12 heavy (non-hydrogen) atoms. The lowest BCUT2D eigenvalue weighted by molar-refractivity contribution is -0.116. The third-order valence-electron chi connectivity index (χ3n) is 1.37. The van der Waals surface area contributed by atoms with Crippen molar-refractivity contribution >= 4 is 22.9 Å². The number of aliphatic hydroxyl groups excluding tert-OH is 1. The van der Waals surface area contributed by atoms with Gasteiger partial charge in [-0.1, -0.05) is 0 Å². The molecule has 0 fully saturated rings. The van der Waals surface area contributed by atoms with Gasteiger partial charge < -0.3 is 10.4 Å². The molecular weight excluding hydrogens is 174 g/mol. The zero-order chi connectivity index (χ0) is 8.81. The quantitative estimate of drug-likeness (QED) is 0.746. The molecule has 0 radical (unpaired) electrons. The highest BCUT2D eigenvalue weighted by atomic mass is 32.1. The standard InChI is InChI=1S/C8H11NO2S/c10-4-1-2-8(11)9-7-3-5-12-6-7/h3,5-6,10H,1-2,4H2,(H,9,11). The lowest BCUT2D eigenvalue weighted by atomic mass is 10.3. The molecule has 0 atom stereocenters. The van der Waals surface area contributed by atoms with Gasteiger partial charge in [0.2, 0.25) is 5.91 Å². The number of nitrogens with one attached hydrogen (secondary N) is 1. The summed E-state index contributed by atoms with van der Waals surface area (Å²) in [6.45, 7) is 0.0665. The highest BCUT2D eigenvalue weighted by Gasteiger charge is 2.00. The van der Waals surface area contributed by atoms with E-state index in [9.17, 15) is 4.79 Å². The maximum absolute atomic E-state index is 11.1. The van der Waals surface area contributed by atoms with E-state index in [0.29, 0.717) is 12.8 Å². The largest absolute Gasteiger partial charge is 0.396 e. The van der Waals surface area contributed by atoms with Gasteiger partial charge in [0, 0.05) is 18.4 Å². The van der Waals surface area contributed by atoms with Gasteiger partial charge in [-0.15, -0.1) is 0 Å². The van der Waals surface area contributed by atoms with Crippen LogP contribution < -0.4 is 5.32 Å². The van der Waals surface area contributed by atoms with Crippen LogP contribution in [0.25, 0.3) is 0 Å². The highest BCUT2D eigenvalue weighted by Crippen LogP contribution is 2.11. The predicted octanol–water partition coefficient (Wildman–Crippen LogP) is 1.46. The molecule has 0 saturated heterocycles. The van der Waals surface area contributed by atoms with Gasteiger partial charge in [-0.05, 0) is 17.9 Å². The van der Waals surface area contributed by atoms with Crippen molar-refractivity contribution < 1.29 is 9.90 Å². The minimum atomic E-state index is -0.0394. The van der Waals surface area contributed by atoms with Crippen molar-refractivity contribution in [2.24, 2.45) is 0 Å². The van der Waals surface area contributed by atoms with Crippen LogP contribution in [-0.2, 0) is 4.79 Å². The second kappa shape index (κ2) is 4.90. The van der Waals surface area contributed by atoms with Crippen molar-refractivity contribution in [3.8, 4) is 0 Å². The maximum Gasteiger partial charge on any atom is 0.224 e. The van der Waals surface area contributed by atoms with E-state index in [2.05, 4.69) is 5.32 Å². The first-order valence-electron chi connectivity index (χ1n) is 3.76. The first-order valence-corrected chi connectivity index (χ1v) is 4.70. The van der Waals surface area contributed by atoms with Crippen molar-refractivity contribution in [2.75, 3.05) is 11.9 Å². The molecule has 0 aliphatic carbocycles. The van der Waals surface area contributed by atoms with E-state index < -0.39 is 0 Å². The SMILES string of the molecule is O=C(CCCO)Nc1ccsc1. The van der Waals surface area contributed by atoms with Crippen LogP contribution >= 0.6 is 11.3 Å². The fraction of sp³-hybridized carbons (Fsp3) is 0.375. The van der Waals surface area contributed by atoms with E-state index in [4.69, 9.17) is 5.11 Å². The highest BCUT2D eigenvalue weighted by molar-refractivity contribution is 7.08. The molecule has 0 saturated carbocycles.